The summed E-state index contributed by atoms with van der Waals surface area (Å²) < 4.78 is 0. The van der Waals surface area contributed by atoms with Gasteiger partial charge in [0.1, 0.15) is 5.75 Å². The molecule has 1 N–H and O–H groups in total. The van der Waals surface area contributed by atoms with E-state index in [9.17, 15) is 5.11 Å². The number of aromatic hydroxyl groups is 1. The van der Waals surface area contributed by atoms with Gasteiger partial charge < -0.3 is 10.0 Å². The topological polar surface area (TPSA) is 23.5 Å². The maximum atomic E-state index is 9.74. The van der Waals surface area contributed by atoms with E-state index in [1.807, 2.05) is 12.1 Å². The van der Waals surface area contributed by atoms with E-state index < -0.39 is 0 Å². The number of phenolic OH excluding ortho intramolecular Hbond substituents is 1. The molecular formula is C17H19NO. The summed E-state index contributed by atoms with van der Waals surface area (Å²) in [4.78, 5) is 2.39. The first-order valence-electron chi connectivity index (χ1n) is 6.94. The monoisotopic (exact) mass is 253 g/mol. The molecule has 1 aliphatic heterocycles. The van der Waals surface area contributed by atoms with E-state index in [2.05, 4.69) is 35.2 Å². The van der Waals surface area contributed by atoms with E-state index in [0.717, 1.165) is 19.5 Å². The van der Waals surface area contributed by atoms with Gasteiger partial charge in [-0.25, -0.2) is 0 Å². The highest BCUT2D eigenvalue weighted by atomic mass is 16.3. The van der Waals surface area contributed by atoms with Crippen LogP contribution in [0.3, 0.4) is 0 Å². The largest absolute Gasteiger partial charge is 0.508 e. The van der Waals surface area contributed by atoms with Crippen LogP contribution in [0.4, 0.5) is 5.69 Å². The summed E-state index contributed by atoms with van der Waals surface area (Å²) in [6.07, 6.45) is 3.55. The molecule has 2 nitrogen and oxygen atoms in total. The molecular weight excluding hydrogens is 234 g/mol. The summed E-state index contributed by atoms with van der Waals surface area (Å²) in [7, 11) is 0. The van der Waals surface area contributed by atoms with Gasteiger partial charge in [-0.3, -0.25) is 0 Å². The van der Waals surface area contributed by atoms with Gasteiger partial charge in [0, 0.05) is 24.8 Å². The number of anilines is 1. The van der Waals surface area contributed by atoms with Crippen molar-refractivity contribution in [3.8, 4) is 5.75 Å². The summed E-state index contributed by atoms with van der Waals surface area (Å²) in [5.41, 5.74) is 3.87. The molecule has 1 aliphatic rings. The lowest BCUT2D eigenvalue weighted by molar-refractivity contribution is 0.475. The summed E-state index contributed by atoms with van der Waals surface area (Å²) in [5, 5.41) is 9.74. The minimum absolute atomic E-state index is 0.360. The number of fused-ring (bicyclic) bond motifs is 1. The molecule has 0 aliphatic carbocycles. The zero-order chi connectivity index (χ0) is 13.1. The van der Waals surface area contributed by atoms with Crippen LogP contribution in [0.15, 0.2) is 48.5 Å². The number of benzene rings is 2. The maximum Gasteiger partial charge on any atom is 0.117 e. The lowest BCUT2D eigenvalue weighted by Crippen LogP contribution is -2.23. The molecule has 1 heterocycles. The van der Waals surface area contributed by atoms with Crippen LogP contribution in [-0.2, 0) is 13.0 Å². The van der Waals surface area contributed by atoms with Gasteiger partial charge in [-0.15, -0.1) is 0 Å². The number of aryl methyl sites for hydroxylation is 1. The van der Waals surface area contributed by atoms with Gasteiger partial charge in [0.25, 0.3) is 0 Å². The van der Waals surface area contributed by atoms with E-state index in [1.54, 1.807) is 6.07 Å². The SMILES string of the molecule is Oc1ccc2c(c1)N(Cc1ccccc1)CCCC2. The Hall–Kier alpha value is -1.96. The van der Waals surface area contributed by atoms with E-state index >= 15 is 0 Å². The molecule has 0 spiro atoms. The Morgan fingerprint density at radius 2 is 1.84 bits per heavy atom. The van der Waals surface area contributed by atoms with Gasteiger partial charge in [-0.1, -0.05) is 36.4 Å². The number of nitrogens with zero attached hydrogens (tertiary/aromatic N) is 1. The molecule has 0 amide bonds. The highest BCUT2D eigenvalue weighted by Crippen LogP contribution is 2.30. The Labute approximate surface area is 114 Å². The van der Waals surface area contributed by atoms with Crippen molar-refractivity contribution in [2.24, 2.45) is 0 Å². The predicted octanol–water partition coefficient (Wildman–Crippen LogP) is 3.74. The fourth-order valence-corrected chi connectivity index (χ4v) is 2.76. The van der Waals surface area contributed by atoms with Crippen LogP contribution in [0, 0.1) is 0 Å². The Morgan fingerprint density at radius 1 is 1.00 bits per heavy atom. The molecule has 0 bridgehead atoms. The molecule has 19 heavy (non-hydrogen) atoms. The molecule has 2 aromatic carbocycles. The third-order valence-electron chi connectivity index (χ3n) is 3.75. The Bertz CT molecular complexity index is 550. The van der Waals surface area contributed by atoms with Gasteiger partial charge in [-0.2, -0.15) is 0 Å². The molecule has 0 atom stereocenters. The van der Waals surface area contributed by atoms with E-state index in [-0.39, 0.29) is 0 Å². The van der Waals surface area contributed by atoms with Crippen molar-refractivity contribution in [3.63, 3.8) is 0 Å². The molecule has 2 aromatic rings. The third kappa shape index (κ3) is 2.73. The van der Waals surface area contributed by atoms with Crippen molar-refractivity contribution < 1.29 is 5.11 Å². The van der Waals surface area contributed by atoms with Crippen molar-refractivity contribution in [2.75, 3.05) is 11.4 Å². The molecule has 0 aromatic heterocycles. The van der Waals surface area contributed by atoms with Gasteiger partial charge in [0.2, 0.25) is 0 Å². The van der Waals surface area contributed by atoms with Gasteiger partial charge >= 0.3 is 0 Å². The first kappa shape index (κ1) is 12.1. The van der Waals surface area contributed by atoms with Crippen LogP contribution < -0.4 is 4.90 Å². The number of phenols is 1. The van der Waals surface area contributed by atoms with Crippen molar-refractivity contribution in [3.05, 3.63) is 59.7 Å². The lowest BCUT2D eigenvalue weighted by atomic mass is 10.1. The Morgan fingerprint density at radius 3 is 2.68 bits per heavy atom. The second-order valence-electron chi connectivity index (χ2n) is 5.18. The number of rotatable bonds is 2. The number of hydrogen-bond donors (Lipinski definition) is 1. The molecule has 0 saturated heterocycles. The standard InChI is InChI=1S/C17H19NO/c19-16-10-9-15-8-4-5-11-18(17(15)12-16)13-14-6-2-1-3-7-14/h1-3,6-7,9-10,12,19H,4-5,8,11,13H2. The molecule has 2 heteroatoms. The van der Waals surface area contributed by atoms with Crippen LogP contribution >= 0.6 is 0 Å². The van der Waals surface area contributed by atoms with Crippen LogP contribution in [-0.4, -0.2) is 11.7 Å². The van der Waals surface area contributed by atoms with E-state index in [0.29, 0.717) is 5.75 Å². The normalized spacial score (nSPS) is 14.8. The smallest absolute Gasteiger partial charge is 0.117 e. The highest BCUT2D eigenvalue weighted by molar-refractivity contribution is 5.58. The van der Waals surface area contributed by atoms with Crippen molar-refractivity contribution >= 4 is 5.69 Å². The Kier molecular flexibility index (Phi) is 3.41. The lowest BCUT2D eigenvalue weighted by Gasteiger charge is -2.25. The van der Waals surface area contributed by atoms with Gasteiger partial charge in [0.05, 0.1) is 0 Å². The molecule has 0 fully saturated rings. The average Bonchev–Trinajstić information content (AvgIpc) is 2.63. The first-order valence-corrected chi connectivity index (χ1v) is 6.94. The minimum atomic E-state index is 0.360. The Balaban J connectivity index is 1.91. The summed E-state index contributed by atoms with van der Waals surface area (Å²) in [5.74, 6) is 0.360. The fourth-order valence-electron chi connectivity index (χ4n) is 2.76. The average molecular weight is 253 g/mol. The number of hydrogen-bond acceptors (Lipinski definition) is 2. The summed E-state index contributed by atoms with van der Waals surface area (Å²) in [6.45, 7) is 1.97. The van der Waals surface area contributed by atoms with Crippen LogP contribution in [0.5, 0.6) is 5.75 Å². The molecule has 0 radical (unpaired) electrons. The minimum Gasteiger partial charge on any atom is -0.508 e. The molecule has 0 saturated carbocycles. The van der Waals surface area contributed by atoms with E-state index in [1.165, 1.54) is 29.7 Å². The summed E-state index contributed by atoms with van der Waals surface area (Å²) >= 11 is 0. The van der Waals surface area contributed by atoms with Crippen molar-refractivity contribution in [1.82, 2.24) is 0 Å². The van der Waals surface area contributed by atoms with Crippen LogP contribution in [0.2, 0.25) is 0 Å². The first-order chi connectivity index (χ1) is 9.33. The van der Waals surface area contributed by atoms with Gasteiger partial charge in [-0.05, 0) is 36.5 Å². The molecule has 3 rings (SSSR count). The zero-order valence-electron chi connectivity index (χ0n) is 11.0. The third-order valence-corrected chi connectivity index (χ3v) is 3.75. The second-order valence-corrected chi connectivity index (χ2v) is 5.18. The maximum absolute atomic E-state index is 9.74. The highest BCUT2D eigenvalue weighted by Gasteiger charge is 2.15. The zero-order valence-corrected chi connectivity index (χ0v) is 11.0. The van der Waals surface area contributed by atoms with Crippen molar-refractivity contribution in [2.45, 2.75) is 25.8 Å². The molecule has 0 unspecified atom stereocenters. The quantitative estimate of drug-likeness (QED) is 0.881. The fraction of sp³-hybridized carbons (Fsp3) is 0.294. The van der Waals surface area contributed by atoms with Crippen LogP contribution in [0.25, 0.3) is 0 Å². The second kappa shape index (κ2) is 5.35. The van der Waals surface area contributed by atoms with Crippen LogP contribution in [0.1, 0.15) is 24.0 Å². The van der Waals surface area contributed by atoms with Gasteiger partial charge in [0.15, 0.2) is 0 Å². The van der Waals surface area contributed by atoms with Crippen molar-refractivity contribution in [1.29, 1.82) is 0 Å². The van der Waals surface area contributed by atoms with E-state index in [4.69, 9.17) is 0 Å². The predicted molar refractivity (Wildman–Crippen MR) is 78.5 cm³/mol. The molecule has 98 valence electrons. The summed E-state index contributed by atoms with van der Waals surface area (Å²) in [6, 6.07) is 16.3.